The molecule has 1 amide bonds. The number of nitrogens with zero attached hydrogens (tertiary/aromatic N) is 1. The number of aromatic nitrogens is 1. The number of carboxylic acids is 1. The van der Waals surface area contributed by atoms with Gasteiger partial charge in [-0.15, -0.1) is 0 Å². The third-order valence-electron chi connectivity index (χ3n) is 3.61. The summed E-state index contributed by atoms with van der Waals surface area (Å²) in [6, 6.07) is 8.42. The molecule has 0 saturated heterocycles. The van der Waals surface area contributed by atoms with Gasteiger partial charge in [-0.25, -0.2) is 4.79 Å². The fraction of sp³-hybridized carbons (Fsp3) is 0.118. The molecule has 4 N–H and O–H groups in total. The number of carbonyl (C=O) groups excluding carboxylic acids is 1. The Kier molecular flexibility index (Phi) is 4.80. The zero-order valence-electron chi connectivity index (χ0n) is 13.1. The number of carboxylic acid groups (broad SMARTS) is 1. The average molecular weight is 357 g/mol. The summed E-state index contributed by atoms with van der Waals surface area (Å²) >= 11 is 1.48. The maximum absolute atomic E-state index is 12.4. The van der Waals surface area contributed by atoms with Crippen molar-refractivity contribution in [1.29, 1.82) is 0 Å². The maximum Gasteiger partial charge on any atom is 0.335 e. The summed E-state index contributed by atoms with van der Waals surface area (Å²) in [6.07, 6.45) is 0.492. The summed E-state index contributed by atoms with van der Waals surface area (Å²) in [5, 5.41) is 19.3. The second-order valence-electron chi connectivity index (χ2n) is 5.29. The number of anilines is 1. The number of nitrogens with two attached hydrogens (primary N) is 1. The van der Waals surface area contributed by atoms with Crippen molar-refractivity contribution < 1.29 is 19.2 Å². The molecule has 7 nitrogen and oxygen atoms in total. The minimum Gasteiger partial charge on any atom is -0.478 e. The summed E-state index contributed by atoms with van der Waals surface area (Å²) in [7, 11) is 0. The van der Waals surface area contributed by atoms with Gasteiger partial charge in [0.05, 0.1) is 5.56 Å². The Balaban J connectivity index is 1.67. The van der Waals surface area contributed by atoms with Crippen LogP contribution in [0.3, 0.4) is 0 Å². The molecular formula is C17H15N3O4S. The molecule has 0 aliphatic carbocycles. The molecule has 0 unspecified atom stereocenters. The summed E-state index contributed by atoms with van der Waals surface area (Å²) in [5.41, 5.74) is 8.14. The van der Waals surface area contributed by atoms with Gasteiger partial charge in [0.15, 0.2) is 0 Å². The van der Waals surface area contributed by atoms with Gasteiger partial charge in [-0.3, -0.25) is 4.79 Å². The van der Waals surface area contributed by atoms with Crippen molar-refractivity contribution in [3.63, 3.8) is 0 Å². The molecule has 8 heteroatoms. The Labute approximate surface area is 147 Å². The Morgan fingerprint density at radius 3 is 2.88 bits per heavy atom. The van der Waals surface area contributed by atoms with Gasteiger partial charge in [0, 0.05) is 17.5 Å². The van der Waals surface area contributed by atoms with Crippen molar-refractivity contribution in [1.82, 2.24) is 10.5 Å². The quantitative estimate of drug-likeness (QED) is 0.624. The predicted octanol–water partition coefficient (Wildman–Crippen LogP) is 2.66. The van der Waals surface area contributed by atoms with Gasteiger partial charge in [0.2, 0.25) is 5.88 Å². The topological polar surface area (TPSA) is 118 Å². The molecule has 0 saturated carbocycles. The van der Waals surface area contributed by atoms with Crippen LogP contribution in [0.5, 0.6) is 0 Å². The molecule has 0 aliphatic rings. The second kappa shape index (κ2) is 7.18. The molecule has 128 valence electrons. The molecule has 0 atom stereocenters. The highest BCUT2D eigenvalue weighted by Gasteiger charge is 2.22. The molecule has 0 aliphatic heterocycles. The van der Waals surface area contributed by atoms with E-state index in [9.17, 15) is 9.59 Å². The van der Waals surface area contributed by atoms with Gasteiger partial charge in [-0.2, -0.15) is 11.3 Å². The lowest BCUT2D eigenvalue weighted by molar-refractivity contribution is 0.0696. The molecule has 25 heavy (non-hydrogen) atoms. The Hall–Kier alpha value is -3.13. The normalized spacial score (nSPS) is 10.6. The molecule has 0 spiro atoms. The van der Waals surface area contributed by atoms with E-state index in [2.05, 4.69) is 10.5 Å². The summed E-state index contributed by atoms with van der Waals surface area (Å²) in [6.45, 7) is 0.329. The molecule has 0 bridgehead atoms. The number of thiophene rings is 1. The second-order valence-corrected chi connectivity index (χ2v) is 6.07. The summed E-state index contributed by atoms with van der Waals surface area (Å²) in [5.74, 6) is -1.40. The smallest absolute Gasteiger partial charge is 0.335 e. The van der Waals surface area contributed by atoms with Crippen molar-refractivity contribution in [2.75, 3.05) is 12.3 Å². The monoisotopic (exact) mass is 357 g/mol. The summed E-state index contributed by atoms with van der Waals surface area (Å²) < 4.78 is 4.95. The van der Waals surface area contributed by atoms with Gasteiger partial charge in [0.25, 0.3) is 5.91 Å². The SMILES string of the molecule is Nc1onc(-c2ccsc2)c1C(=O)NCCc1cccc(C(=O)O)c1. The molecule has 3 rings (SSSR count). The first-order valence-corrected chi connectivity index (χ1v) is 8.38. The van der Waals surface area contributed by atoms with Crippen LogP contribution < -0.4 is 11.1 Å². The Bertz CT molecular complexity index is 903. The standard InChI is InChI=1S/C17H15N3O4S/c18-15-13(14(20-24-15)12-5-7-25-9-12)16(21)19-6-4-10-2-1-3-11(8-10)17(22)23/h1-3,5,7-9H,4,6,18H2,(H,19,21)(H,22,23). The number of hydrogen-bond acceptors (Lipinski definition) is 6. The predicted molar refractivity (Wildman–Crippen MR) is 93.7 cm³/mol. The first-order chi connectivity index (χ1) is 12.1. The molecule has 0 radical (unpaired) electrons. The Morgan fingerprint density at radius 2 is 2.16 bits per heavy atom. The van der Waals surface area contributed by atoms with E-state index in [0.717, 1.165) is 11.1 Å². The van der Waals surface area contributed by atoms with Crippen LogP contribution >= 0.6 is 11.3 Å². The lowest BCUT2D eigenvalue weighted by atomic mass is 10.1. The number of benzene rings is 1. The van der Waals surface area contributed by atoms with Crippen molar-refractivity contribution in [3.05, 3.63) is 57.8 Å². The number of carbonyl (C=O) groups is 2. The van der Waals surface area contributed by atoms with Gasteiger partial charge in [0.1, 0.15) is 11.3 Å². The lowest BCUT2D eigenvalue weighted by Crippen LogP contribution is -2.26. The van der Waals surface area contributed by atoms with E-state index >= 15 is 0 Å². The number of aromatic carboxylic acids is 1. The minimum absolute atomic E-state index is 0.0356. The first-order valence-electron chi connectivity index (χ1n) is 7.44. The van der Waals surface area contributed by atoms with E-state index in [4.69, 9.17) is 15.4 Å². The lowest BCUT2D eigenvalue weighted by Gasteiger charge is -2.06. The van der Waals surface area contributed by atoms with E-state index in [-0.39, 0.29) is 22.9 Å². The van der Waals surface area contributed by atoms with Crippen LogP contribution in [-0.4, -0.2) is 28.7 Å². The van der Waals surface area contributed by atoms with E-state index in [1.165, 1.54) is 17.4 Å². The number of nitrogens with one attached hydrogen (secondary N) is 1. The minimum atomic E-state index is -0.983. The van der Waals surface area contributed by atoms with Gasteiger partial charge < -0.3 is 20.7 Å². The van der Waals surface area contributed by atoms with Crippen LogP contribution in [0.4, 0.5) is 5.88 Å². The van der Waals surface area contributed by atoms with Crippen LogP contribution in [0, 0.1) is 0 Å². The fourth-order valence-electron chi connectivity index (χ4n) is 2.39. The average Bonchev–Trinajstić information content (AvgIpc) is 3.24. The number of rotatable bonds is 6. The number of nitrogen functional groups attached to an aromatic ring is 1. The molecule has 2 heterocycles. The fourth-order valence-corrected chi connectivity index (χ4v) is 3.03. The molecule has 3 aromatic rings. The molecule has 2 aromatic heterocycles. The van der Waals surface area contributed by atoms with Crippen LogP contribution in [-0.2, 0) is 6.42 Å². The largest absolute Gasteiger partial charge is 0.478 e. The summed E-state index contributed by atoms with van der Waals surface area (Å²) in [4.78, 5) is 23.4. The van der Waals surface area contributed by atoms with Gasteiger partial charge in [-0.1, -0.05) is 17.3 Å². The first kappa shape index (κ1) is 16.7. The van der Waals surface area contributed by atoms with Crippen molar-refractivity contribution in [2.24, 2.45) is 0 Å². The van der Waals surface area contributed by atoms with E-state index < -0.39 is 5.97 Å². The van der Waals surface area contributed by atoms with Crippen molar-refractivity contribution in [2.45, 2.75) is 6.42 Å². The van der Waals surface area contributed by atoms with E-state index in [1.807, 2.05) is 22.9 Å². The van der Waals surface area contributed by atoms with Crippen LogP contribution in [0.15, 0.2) is 45.6 Å². The maximum atomic E-state index is 12.4. The highest BCUT2D eigenvalue weighted by Crippen LogP contribution is 2.28. The highest BCUT2D eigenvalue weighted by molar-refractivity contribution is 7.08. The zero-order valence-corrected chi connectivity index (χ0v) is 13.9. The van der Waals surface area contributed by atoms with Crippen LogP contribution in [0.25, 0.3) is 11.3 Å². The molecule has 1 aromatic carbocycles. The third-order valence-corrected chi connectivity index (χ3v) is 4.30. The molecule has 0 fully saturated rings. The highest BCUT2D eigenvalue weighted by atomic mass is 32.1. The van der Waals surface area contributed by atoms with Crippen LogP contribution in [0.2, 0.25) is 0 Å². The Morgan fingerprint density at radius 1 is 1.32 bits per heavy atom. The molecular weight excluding hydrogens is 342 g/mol. The van der Waals surface area contributed by atoms with Gasteiger partial charge in [-0.05, 0) is 35.6 Å². The zero-order chi connectivity index (χ0) is 17.8. The van der Waals surface area contributed by atoms with E-state index in [0.29, 0.717) is 18.7 Å². The third kappa shape index (κ3) is 3.69. The number of hydrogen-bond donors (Lipinski definition) is 3. The van der Waals surface area contributed by atoms with Crippen LogP contribution in [0.1, 0.15) is 26.3 Å². The van der Waals surface area contributed by atoms with Crippen molar-refractivity contribution in [3.8, 4) is 11.3 Å². The van der Waals surface area contributed by atoms with E-state index in [1.54, 1.807) is 12.1 Å². The van der Waals surface area contributed by atoms with Gasteiger partial charge >= 0.3 is 5.97 Å². The number of amides is 1. The van der Waals surface area contributed by atoms with Crippen molar-refractivity contribution >= 4 is 29.1 Å².